The Morgan fingerprint density at radius 3 is 2.12 bits per heavy atom. The van der Waals surface area contributed by atoms with Gasteiger partial charge in [0, 0.05) is 6.42 Å². The smallest absolute Gasteiger partial charge is 1.00 e. The van der Waals surface area contributed by atoms with Crippen molar-refractivity contribution in [2.75, 3.05) is 0 Å². The average Bonchev–Trinajstić information content (AvgIpc) is 1.27. The minimum absolute atomic E-state index is 0. The van der Waals surface area contributed by atoms with Gasteiger partial charge in [-0.1, -0.05) is 13.8 Å². The van der Waals surface area contributed by atoms with Crippen molar-refractivity contribution in [3.8, 4) is 0 Å². The Bertz CT molecular complexity index is 78.0. The molecule has 8 heavy (non-hydrogen) atoms. The Morgan fingerprint density at radius 2 is 2.12 bits per heavy atom. The third kappa shape index (κ3) is 9.88. The molecule has 1 N–H and O–H groups in total. The van der Waals surface area contributed by atoms with Gasteiger partial charge in [0.15, 0.2) is 0 Å². The van der Waals surface area contributed by atoms with Crippen molar-refractivity contribution < 1.29 is 12.8 Å². The van der Waals surface area contributed by atoms with Crippen LogP contribution in [0.5, 0.6) is 0 Å². The maximum Gasteiger partial charge on any atom is 2.00 e. The summed E-state index contributed by atoms with van der Waals surface area (Å²) in [6, 6.07) is 0. The summed E-state index contributed by atoms with van der Waals surface area (Å²) < 4.78 is 0. The summed E-state index contributed by atoms with van der Waals surface area (Å²) in [7, 11) is 0. The first-order chi connectivity index (χ1) is 3.13. The zero-order chi connectivity index (χ0) is 5.86. The predicted molar refractivity (Wildman–Crippen MR) is 35.1 cm³/mol. The Balaban J connectivity index is -0.0000000600. The SMILES string of the molecule is CC(C)CC(=O)O.[Ca+2].[H-].[H-]. The maximum atomic E-state index is 9.81. The maximum absolute atomic E-state index is 9.81. The molecule has 0 radical (unpaired) electrons. The topological polar surface area (TPSA) is 37.3 Å². The van der Waals surface area contributed by atoms with Crippen LogP contribution in [-0.2, 0) is 4.79 Å². The van der Waals surface area contributed by atoms with Gasteiger partial charge in [-0.3, -0.25) is 4.79 Å². The number of rotatable bonds is 2. The van der Waals surface area contributed by atoms with Gasteiger partial charge in [-0.2, -0.15) is 0 Å². The van der Waals surface area contributed by atoms with Crippen LogP contribution in [0.25, 0.3) is 0 Å². The normalized spacial score (nSPS) is 8.38. The van der Waals surface area contributed by atoms with Crippen LogP contribution < -0.4 is 0 Å². The first-order valence-electron chi connectivity index (χ1n) is 2.34. The third-order valence-electron chi connectivity index (χ3n) is 0.583. The molecule has 0 aliphatic rings. The van der Waals surface area contributed by atoms with E-state index in [4.69, 9.17) is 5.11 Å². The summed E-state index contributed by atoms with van der Waals surface area (Å²) in [6.07, 6.45) is 0.278. The van der Waals surface area contributed by atoms with Crippen LogP contribution in [0.4, 0.5) is 0 Å². The van der Waals surface area contributed by atoms with E-state index in [9.17, 15) is 4.79 Å². The molecule has 0 atom stereocenters. The summed E-state index contributed by atoms with van der Waals surface area (Å²) in [5.74, 6) is -0.438. The van der Waals surface area contributed by atoms with E-state index in [0.29, 0.717) is 0 Å². The van der Waals surface area contributed by atoms with Crippen LogP contribution in [0.15, 0.2) is 0 Å². The Labute approximate surface area is 82.2 Å². The molecular formula is C5H12CaO2. The van der Waals surface area contributed by atoms with Gasteiger partial charge in [-0.15, -0.1) is 0 Å². The summed E-state index contributed by atoms with van der Waals surface area (Å²) >= 11 is 0. The first-order valence-corrected chi connectivity index (χ1v) is 2.34. The molecule has 0 amide bonds. The molecule has 2 nitrogen and oxygen atoms in total. The largest absolute Gasteiger partial charge is 2.00 e. The molecular weight excluding hydrogens is 132 g/mol. The van der Waals surface area contributed by atoms with Gasteiger partial charge >= 0.3 is 43.7 Å². The molecule has 0 saturated carbocycles. The molecule has 0 fully saturated rings. The van der Waals surface area contributed by atoms with Crippen LogP contribution in [0, 0.1) is 5.92 Å². The van der Waals surface area contributed by atoms with Gasteiger partial charge in [0.05, 0.1) is 0 Å². The second kappa shape index (κ2) is 5.86. The fraction of sp³-hybridized carbons (Fsp3) is 0.800. The number of carbonyl (C=O) groups is 1. The molecule has 0 aromatic rings. The van der Waals surface area contributed by atoms with Gasteiger partial charge in [0.2, 0.25) is 0 Å². The summed E-state index contributed by atoms with van der Waals surface area (Å²) in [6.45, 7) is 3.77. The van der Waals surface area contributed by atoms with Crippen molar-refractivity contribution in [3.05, 3.63) is 0 Å². The second-order valence-electron chi connectivity index (χ2n) is 1.99. The van der Waals surface area contributed by atoms with Gasteiger partial charge < -0.3 is 7.96 Å². The van der Waals surface area contributed by atoms with Crippen LogP contribution >= 0.6 is 0 Å². The minimum atomic E-state index is -0.713. The average molecular weight is 144 g/mol. The van der Waals surface area contributed by atoms with Gasteiger partial charge in [0.1, 0.15) is 0 Å². The van der Waals surface area contributed by atoms with Crippen LogP contribution in [0.2, 0.25) is 0 Å². The Hall–Kier alpha value is 0.730. The van der Waals surface area contributed by atoms with Gasteiger partial charge in [-0.05, 0) is 5.92 Å². The molecule has 46 valence electrons. The molecule has 0 unspecified atom stereocenters. The quantitative estimate of drug-likeness (QED) is 0.586. The Kier molecular flexibility index (Phi) is 8.43. The molecule has 0 heterocycles. The van der Waals surface area contributed by atoms with E-state index in [2.05, 4.69) is 0 Å². The van der Waals surface area contributed by atoms with Crippen molar-refractivity contribution in [3.63, 3.8) is 0 Å². The molecule has 0 rings (SSSR count). The molecule has 0 bridgehead atoms. The molecule has 0 saturated heterocycles. The molecule has 0 aliphatic heterocycles. The fourth-order valence-corrected chi connectivity index (χ4v) is 0.349. The van der Waals surface area contributed by atoms with Crippen LogP contribution in [0.1, 0.15) is 23.1 Å². The number of aliphatic carboxylic acids is 1. The van der Waals surface area contributed by atoms with E-state index in [-0.39, 0.29) is 52.9 Å². The molecule has 0 aliphatic carbocycles. The Morgan fingerprint density at radius 1 is 1.75 bits per heavy atom. The molecule has 0 aromatic heterocycles. The predicted octanol–water partition coefficient (Wildman–Crippen LogP) is 0.961. The van der Waals surface area contributed by atoms with Crippen molar-refractivity contribution in [2.24, 2.45) is 5.92 Å². The summed E-state index contributed by atoms with van der Waals surface area (Å²) in [5, 5.41) is 8.08. The molecule has 3 heteroatoms. The minimum Gasteiger partial charge on any atom is -1.00 e. The zero-order valence-electron chi connectivity index (χ0n) is 7.35. The molecule has 0 spiro atoms. The number of carboxylic acids is 1. The van der Waals surface area contributed by atoms with Gasteiger partial charge in [0.25, 0.3) is 0 Å². The van der Waals surface area contributed by atoms with E-state index in [1.807, 2.05) is 13.8 Å². The van der Waals surface area contributed by atoms with E-state index in [0.717, 1.165) is 0 Å². The third-order valence-corrected chi connectivity index (χ3v) is 0.583. The van der Waals surface area contributed by atoms with Gasteiger partial charge in [-0.25, -0.2) is 0 Å². The van der Waals surface area contributed by atoms with E-state index in [1.54, 1.807) is 0 Å². The monoisotopic (exact) mass is 144 g/mol. The van der Waals surface area contributed by atoms with E-state index in [1.165, 1.54) is 0 Å². The van der Waals surface area contributed by atoms with Crippen molar-refractivity contribution >= 4 is 43.7 Å². The standard InChI is InChI=1S/C5H10O2.Ca.2H/c1-4(2)3-5(6)7;;;/h4H,3H2,1-2H3,(H,6,7);;;/q;+2;2*-1. The summed E-state index contributed by atoms with van der Waals surface area (Å²) in [4.78, 5) is 9.81. The van der Waals surface area contributed by atoms with E-state index < -0.39 is 5.97 Å². The van der Waals surface area contributed by atoms with E-state index >= 15 is 0 Å². The number of hydrogen-bond acceptors (Lipinski definition) is 1. The zero-order valence-corrected chi connectivity index (χ0v) is 7.56. The fourth-order valence-electron chi connectivity index (χ4n) is 0.349. The van der Waals surface area contributed by atoms with Crippen molar-refractivity contribution in [2.45, 2.75) is 20.3 Å². The van der Waals surface area contributed by atoms with Crippen LogP contribution in [-0.4, -0.2) is 48.8 Å². The second-order valence-corrected chi connectivity index (χ2v) is 1.99. The summed E-state index contributed by atoms with van der Waals surface area (Å²) in [5.41, 5.74) is 0. The van der Waals surface area contributed by atoms with Crippen molar-refractivity contribution in [1.29, 1.82) is 0 Å². The number of carboxylic acid groups (broad SMARTS) is 1. The molecule has 0 aromatic carbocycles. The van der Waals surface area contributed by atoms with Crippen molar-refractivity contribution in [1.82, 2.24) is 0 Å². The first kappa shape index (κ1) is 11.5. The van der Waals surface area contributed by atoms with Crippen LogP contribution in [0.3, 0.4) is 0 Å². The number of hydrogen-bond donors (Lipinski definition) is 1.